The minimum atomic E-state index is -0.119. The van der Waals surface area contributed by atoms with Crippen LogP contribution in [0.25, 0.3) is 0 Å². The van der Waals surface area contributed by atoms with Gasteiger partial charge in [-0.2, -0.15) is 0 Å². The predicted molar refractivity (Wildman–Crippen MR) is 87.4 cm³/mol. The van der Waals surface area contributed by atoms with Crippen LogP contribution in [0.3, 0.4) is 0 Å². The molecule has 1 unspecified atom stereocenters. The number of aromatic hydroxyl groups is 1. The van der Waals surface area contributed by atoms with Crippen molar-refractivity contribution >= 4 is 29.1 Å². The molecule has 2 saturated heterocycles. The number of carbonyl (C=O) groups excluding carboxylic acids is 1. The quantitative estimate of drug-likeness (QED) is 0.885. The van der Waals surface area contributed by atoms with E-state index < -0.39 is 0 Å². The molecule has 1 aromatic carbocycles. The summed E-state index contributed by atoms with van der Waals surface area (Å²) in [7, 11) is 0. The maximum absolute atomic E-state index is 12.3. The van der Waals surface area contributed by atoms with Gasteiger partial charge in [0.15, 0.2) is 0 Å². The fourth-order valence-electron chi connectivity index (χ4n) is 3.59. The van der Waals surface area contributed by atoms with E-state index in [1.165, 1.54) is 6.07 Å². The Hall–Kier alpha value is -0.970. The standard InChI is InChI=1S/C16H20Cl2N2O2/c17-12-8-11(14(21)9-13(12)18)16(10-3-5-19-6-4-10)20-7-1-2-15(20)22/h8-10,16,19,21H,1-7H2. The van der Waals surface area contributed by atoms with Gasteiger partial charge in [-0.3, -0.25) is 4.79 Å². The fraction of sp³-hybridized carbons (Fsp3) is 0.562. The summed E-state index contributed by atoms with van der Waals surface area (Å²) >= 11 is 12.1. The van der Waals surface area contributed by atoms with Crippen molar-refractivity contribution in [1.29, 1.82) is 0 Å². The molecule has 0 aromatic heterocycles. The predicted octanol–water partition coefficient (Wildman–Crippen LogP) is 3.36. The van der Waals surface area contributed by atoms with E-state index in [2.05, 4.69) is 5.32 Å². The van der Waals surface area contributed by atoms with Gasteiger partial charge in [-0.25, -0.2) is 0 Å². The lowest BCUT2D eigenvalue weighted by molar-refractivity contribution is -0.131. The van der Waals surface area contributed by atoms with E-state index in [4.69, 9.17) is 23.2 Å². The number of halogens is 2. The van der Waals surface area contributed by atoms with Gasteiger partial charge in [0.1, 0.15) is 5.75 Å². The zero-order valence-corrected chi connectivity index (χ0v) is 13.8. The number of benzene rings is 1. The van der Waals surface area contributed by atoms with Crippen molar-refractivity contribution in [2.24, 2.45) is 5.92 Å². The van der Waals surface area contributed by atoms with Gasteiger partial charge in [-0.05, 0) is 44.3 Å². The Labute approximate surface area is 140 Å². The third-order valence-corrected chi connectivity index (χ3v) is 5.39. The molecule has 3 rings (SSSR count). The minimum Gasteiger partial charge on any atom is -0.508 e. The summed E-state index contributed by atoms with van der Waals surface area (Å²) in [6, 6.07) is 3.08. The van der Waals surface area contributed by atoms with Crippen LogP contribution < -0.4 is 5.32 Å². The maximum atomic E-state index is 12.3. The Kier molecular flexibility index (Phi) is 4.81. The van der Waals surface area contributed by atoms with Crippen molar-refractivity contribution in [2.75, 3.05) is 19.6 Å². The van der Waals surface area contributed by atoms with Gasteiger partial charge in [-0.1, -0.05) is 23.2 Å². The zero-order valence-electron chi connectivity index (χ0n) is 12.3. The molecule has 1 amide bonds. The van der Waals surface area contributed by atoms with E-state index >= 15 is 0 Å². The van der Waals surface area contributed by atoms with E-state index in [1.807, 2.05) is 4.90 Å². The van der Waals surface area contributed by atoms with Crippen molar-refractivity contribution in [2.45, 2.75) is 31.7 Å². The molecule has 0 aliphatic carbocycles. The van der Waals surface area contributed by atoms with E-state index in [-0.39, 0.29) is 17.7 Å². The third kappa shape index (κ3) is 3.05. The van der Waals surface area contributed by atoms with Crippen molar-refractivity contribution in [3.63, 3.8) is 0 Å². The van der Waals surface area contributed by atoms with E-state index in [0.29, 0.717) is 22.4 Å². The summed E-state index contributed by atoms with van der Waals surface area (Å²) in [4.78, 5) is 14.2. The first kappa shape index (κ1) is 15.9. The normalized spacial score (nSPS) is 21.4. The molecule has 2 N–H and O–H groups in total. The summed E-state index contributed by atoms with van der Waals surface area (Å²) in [6.07, 6.45) is 3.42. The number of phenolic OH excluding ortho intramolecular Hbond substituents is 1. The highest BCUT2D eigenvalue weighted by molar-refractivity contribution is 6.42. The summed E-state index contributed by atoms with van der Waals surface area (Å²) in [5.41, 5.74) is 0.719. The molecular formula is C16H20Cl2N2O2. The van der Waals surface area contributed by atoms with Gasteiger partial charge in [-0.15, -0.1) is 0 Å². The zero-order chi connectivity index (χ0) is 15.7. The Morgan fingerprint density at radius 1 is 1.23 bits per heavy atom. The highest BCUT2D eigenvalue weighted by Gasteiger charge is 2.36. The van der Waals surface area contributed by atoms with Gasteiger partial charge >= 0.3 is 0 Å². The molecule has 1 atom stereocenters. The third-order valence-electron chi connectivity index (χ3n) is 4.66. The van der Waals surface area contributed by atoms with Crippen molar-refractivity contribution in [1.82, 2.24) is 10.2 Å². The number of amides is 1. The van der Waals surface area contributed by atoms with Gasteiger partial charge in [0, 0.05) is 24.6 Å². The fourth-order valence-corrected chi connectivity index (χ4v) is 3.92. The Morgan fingerprint density at radius 2 is 1.91 bits per heavy atom. The SMILES string of the molecule is O=C1CCCN1C(c1cc(Cl)c(Cl)cc1O)C1CCNCC1. The van der Waals surface area contributed by atoms with E-state index in [0.717, 1.165) is 44.5 Å². The van der Waals surface area contributed by atoms with Crippen LogP contribution in [0.4, 0.5) is 0 Å². The first-order valence-electron chi connectivity index (χ1n) is 7.76. The number of carbonyl (C=O) groups is 1. The molecule has 4 nitrogen and oxygen atoms in total. The van der Waals surface area contributed by atoms with Crippen LogP contribution in [0.5, 0.6) is 5.75 Å². The number of likely N-dealkylation sites (tertiary alicyclic amines) is 1. The Morgan fingerprint density at radius 3 is 2.55 bits per heavy atom. The largest absolute Gasteiger partial charge is 0.508 e. The smallest absolute Gasteiger partial charge is 0.223 e. The second-order valence-corrected chi connectivity index (χ2v) is 6.86. The summed E-state index contributed by atoms with van der Waals surface area (Å²) < 4.78 is 0. The van der Waals surface area contributed by atoms with Crippen LogP contribution in [0, 0.1) is 5.92 Å². The summed E-state index contributed by atoms with van der Waals surface area (Å²) in [6.45, 7) is 2.61. The number of rotatable bonds is 3. The lowest BCUT2D eigenvalue weighted by Crippen LogP contribution is -2.39. The van der Waals surface area contributed by atoms with Crippen LogP contribution >= 0.6 is 23.2 Å². The van der Waals surface area contributed by atoms with Gasteiger partial charge in [0.05, 0.1) is 16.1 Å². The van der Waals surface area contributed by atoms with Crippen LogP contribution in [0.15, 0.2) is 12.1 Å². The molecule has 2 aliphatic rings. The Bertz CT molecular complexity index is 574. The monoisotopic (exact) mass is 342 g/mol. The molecule has 1 aromatic rings. The van der Waals surface area contributed by atoms with Crippen LogP contribution in [0.1, 0.15) is 37.3 Å². The molecule has 2 aliphatic heterocycles. The number of nitrogens with zero attached hydrogens (tertiary/aromatic N) is 1. The first-order chi connectivity index (χ1) is 10.6. The highest BCUT2D eigenvalue weighted by atomic mass is 35.5. The molecular weight excluding hydrogens is 323 g/mol. The van der Waals surface area contributed by atoms with Crippen LogP contribution in [-0.2, 0) is 4.79 Å². The second kappa shape index (κ2) is 6.65. The van der Waals surface area contributed by atoms with E-state index in [9.17, 15) is 9.90 Å². The lowest BCUT2D eigenvalue weighted by atomic mass is 9.84. The average molecular weight is 343 g/mol. The van der Waals surface area contributed by atoms with E-state index in [1.54, 1.807) is 6.07 Å². The molecule has 2 heterocycles. The molecule has 6 heteroatoms. The molecule has 0 saturated carbocycles. The van der Waals surface area contributed by atoms with Crippen LogP contribution in [-0.4, -0.2) is 35.5 Å². The second-order valence-electron chi connectivity index (χ2n) is 6.05. The maximum Gasteiger partial charge on any atom is 0.223 e. The molecule has 0 radical (unpaired) electrons. The molecule has 0 bridgehead atoms. The topological polar surface area (TPSA) is 52.6 Å². The number of phenols is 1. The first-order valence-corrected chi connectivity index (χ1v) is 8.51. The number of nitrogens with one attached hydrogen (secondary N) is 1. The highest BCUT2D eigenvalue weighted by Crippen LogP contribution is 2.42. The minimum absolute atomic E-state index is 0.119. The summed E-state index contributed by atoms with van der Waals surface area (Å²) in [5.74, 6) is 0.609. The van der Waals surface area contributed by atoms with Crippen molar-refractivity contribution in [3.05, 3.63) is 27.7 Å². The molecule has 22 heavy (non-hydrogen) atoms. The van der Waals surface area contributed by atoms with Crippen molar-refractivity contribution < 1.29 is 9.90 Å². The number of hydrogen-bond donors (Lipinski definition) is 2. The van der Waals surface area contributed by atoms with Gasteiger partial charge in [0.25, 0.3) is 0 Å². The molecule has 0 spiro atoms. The Balaban J connectivity index is 2.00. The average Bonchev–Trinajstić information content (AvgIpc) is 2.92. The summed E-state index contributed by atoms with van der Waals surface area (Å²) in [5, 5.41) is 14.5. The van der Waals surface area contributed by atoms with Gasteiger partial charge in [0.2, 0.25) is 5.91 Å². The molecule has 120 valence electrons. The van der Waals surface area contributed by atoms with Gasteiger partial charge < -0.3 is 15.3 Å². The number of hydrogen-bond acceptors (Lipinski definition) is 3. The molecule has 2 fully saturated rings. The lowest BCUT2D eigenvalue weighted by Gasteiger charge is -2.37. The van der Waals surface area contributed by atoms with Crippen molar-refractivity contribution in [3.8, 4) is 5.75 Å². The van der Waals surface area contributed by atoms with Crippen LogP contribution in [0.2, 0.25) is 10.0 Å². The number of piperidine rings is 1.